The van der Waals surface area contributed by atoms with E-state index in [2.05, 4.69) is 189 Å². The van der Waals surface area contributed by atoms with Gasteiger partial charge in [0.1, 0.15) is 22.3 Å². The van der Waals surface area contributed by atoms with E-state index in [9.17, 15) is 0 Å². The Hall–Kier alpha value is -7.10. The maximum absolute atomic E-state index is 6.90. The molecular weight excluding hydrogens is 707 g/mol. The fourth-order valence-corrected chi connectivity index (χ4v) is 9.93. The Morgan fingerprint density at radius 1 is 0.517 bits per heavy atom. The fraction of sp³-hybridized carbons (Fsp3) is 0.0909. The minimum atomic E-state index is -0.111. The van der Waals surface area contributed by atoms with Gasteiger partial charge in [-0.25, -0.2) is 0 Å². The zero-order valence-corrected chi connectivity index (χ0v) is 32.4. The molecule has 0 aliphatic heterocycles. The van der Waals surface area contributed by atoms with Crippen molar-refractivity contribution in [1.29, 1.82) is 0 Å². The summed E-state index contributed by atoms with van der Waals surface area (Å²) in [6.07, 6.45) is 8.90. The number of anilines is 3. The first-order valence-electron chi connectivity index (χ1n) is 20.3. The molecule has 2 heterocycles. The van der Waals surface area contributed by atoms with Crippen molar-refractivity contribution in [2.75, 3.05) is 4.90 Å². The maximum Gasteiger partial charge on any atom is 0.144 e. The van der Waals surface area contributed by atoms with Crippen LogP contribution in [-0.4, -0.2) is 0 Å². The van der Waals surface area contributed by atoms with Crippen LogP contribution in [0.25, 0.3) is 82.5 Å². The summed E-state index contributed by atoms with van der Waals surface area (Å²) in [5.41, 5.74) is 16.7. The summed E-state index contributed by atoms with van der Waals surface area (Å²) in [5, 5.41) is 6.81. The van der Waals surface area contributed by atoms with Gasteiger partial charge in [-0.1, -0.05) is 141 Å². The Labute approximate surface area is 336 Å². The molecule has 0 fully saturated rings. The number of hydrogen-bond donors (Lipinski definition) is 0. The average molecular weight is 746 g/mol. The Balaban J connectivity index is 1.04. The monoisotopic (exact) mass is 745 g/mol. The van der Waals surface area contributed by atoms with Gasteiger partial charge in [-0.2, -0.15) is 0 Å². The standard InChI is InChI=1S/C55H39NO2/c1-55(2)45-22-10-8-19-41(45)42-31-30-38(32-46(42)55)56(47-23-12-17-34-14-6-7-18-39(34)47)37-28-26-35(27-29-37)40-21-13-25-49-52(40)44-33-50-53(43-20-9-11-24-48(43)57-50)51(54(44)58-49)36-15-4-3-5-16-36/h4,6-33H,3,5H2,1-2H3. The van der Waals surface area contributed by atoms with Gasteiger partial charge in [0.2, 0.25) is 0 Å². The number of rotatable bonds is 5. The van der Waals surface area contributed by atoms with Crippen molar-refractivity contribution in [3.8, 4) is 22.3 Å². The van der Waals surface area contributed by atoms with Crippen LogP contribution in [0.4, 0.5) is 17.1 Å². The van der Waals surface area contributed by atoms with Crippen molar-refractivity contribution in [2.24, 2.45) is 0 Å². The molecule has 2 aliphatic carbocycles. The third-order valence-electron chi connectivity index (χ3n) is 12.7. The van der Waals surface area contributed by atoms with Crippen LogP contribution in [0.15, 0.2) is 185 Å². The second-order valence-electron chi connectivity index (χ2n) is 16.3. The molecule has 10 aromatic rings. The summed E-state index contributed by atoms with van der Waals surface area (Å²) >= 11 is 0. The molecule has 12 rings (SSSR count). The highest BCUT2D eigenvalue weighted by atomic mass is 16.3. The number of nitrogens with zero attached hydrogens (tertiary/aromatic N) is 1. The van der Waals surface area contributed by atoms with Crippen molar-refractivity contribution in [1.82, 2.24) is 0 Å². The van der Waals surface area contributed by atoms with Crippen LogP contribution < -0.4 is 4.90 Å². The van der Waals surface area contributed by atoms with Crippen molar-refractivity contribution in [3.05, 3.63) is 193 Å². The minimum absolute atomic E-state index is 0.111. The van der Waals surface area contributed by atoms with Crippen LogP contribution in [-0.2, 0) is 5.41 Å². The molecule has 0 saturated heterocycles. The normalized spacial score (nSPS) is 14.4. The first-order chi connectivity index (χ1) is 28.5. The van der Waals surface area contributed by atoms with Crippen LogP contribution >= 0.6 is 0 Å². The Morgan fingerprint density at radius 2 is 1.24 bits per heavy atom. The molecule has 276 valence electrons. The van der Waals surface area contributed by atoms with Gasteiger partial charge in [-0.05, 0) is 106 Å². The lowest BCUT2D eigenvalue weighted by molar-refractivity contribution is 0.660. The van der Waals surface area contributed by atoms with E-state index in [0.29, 0.717) is 0 Å². The number of fused-ring (bicyclic) bond motifs is 10. The molecule has 0 bridgehead atoms. The van der Waals surface area contributed by atoms with Crippen LogP contribution in [0.2, 0.25) is 0 Å². The smallest absolute Gasteiger partial charge is 0.144 e. The zero-order valence-electron chi connectivity index (χ0n) is 32.4. The zero-order chi connectivity index (χ0) is 38.5. The van der Waals surface area contributed by atoms with Crippen LogP contribution in [0.3, 0.4) is 0 Å². The van der Waals surface area contributed by atoms with Crippen LogP contribution in [0.1, 0.15) is 43.4 Å². The first kappa shape index (κ1) is 33.1. The lowest BCUT2D eigenvalue weighted by atomic mass is 9.82. The summed E-state index contributed by atoms with van der Waals surface area (Å²) in [4.78, 5) is 2.43. The second-order valence-corrected chi connectivity index (χ2v) is 16.3. The van der Waals surface area contributed by atoms with Gasteiger partial charge in [-0.3, -0.25) is 0 Å². The number of para-hydroxylation sites is 1. The third-order valence-corrected chi connectivity index (χ3v) is 12.7. The van der Waals surface area contributed by atoms with E-state index >= 15 is 0 Å². The van der Waals surface area contributed by atoms with Crippen molar-refractivity contribution in [2.45, 2.75) is 32.1 Å². The Bertz CT molecular complexity index is 3370. The van der Waals surface area contributed by atoms with Crippen LogP contribution in [0.5, 0.6) is 0 Å². The predicted octanol–water partition coefficient (Wildman–Crippen LogP) is 15.8. The molecule has 58 heavy (non-hydrogen) atoms. The lowest BCUT2D eigenvalue weighted by Crippen LogP contribution is -2.16. The average Bonchev–Trinajstić information content (AvgIpc) is 3.91. The Kier molecular flexibility index (Phi) is 7.10. The number of hydrogen-bond acceptors (Lipinski definition) is 3. The van der Waals surface area contributed by atoms with E-state index in [1.165, 1.54) is 38.6 Å². The van der Waals surface area contributed by atoms with Gasteiger partial charge in [0, 0.05) is 49.3 Å². The molecule has 3 nitrogen and oxygen atoms in total. The lowest BCUT2D eigenvalue weighted by Gasteiger charge is -2.29. The minimum Gasteiger partial charge on any atom is -0.456 e. The third kappa shape index (κ3) is 4.80. The summed E-state index contributed by atoms with van der Waals surface area (Å²) in [6, 6.07) is 57.2. The summed E-state index contributed by atoms with van der Waals surface area (Å²) < 4.78 is 13.5. The van der Waals surface area contributed by atoms with Gasteiger partial charge >= 0.3 is 0 Å². The topological polar surface area (TPSA) is 29.5 Å². The second kappa shape index (κ2) is 12.4. The molecule has 0 spiro atoms. The molecule has 3 heteroatoms. The van der Waals surface area contributed by atoms with Crippen molar-refractivity contribution < 1.29 is 8.83 Å². The van der Waals surface area contributed by atoms with E-state index in [0.717, 1.165) is 90.5 Å². The quantitative estimate of drug-likeness (QED) is 0.176. The fourth-order valence-electron chi connectivity index (χ4n) is 9.93. The molecule has 0 unspecified atom stereocenters. The molecule has 0 radical (unpaired) electrons. The van der Waals surface area contributed by atoms with E-state index in [4.69, 9.17) is 8.83 Å². The predicted molar refractivity (Wildman–Crippen MR) is 243 cm³/mol. The molecule has 0 saturated carbocycles. The van der Waals surface area contributed by atoms with E-state index < -0.39 is 0 Å². The number of benzene rings is 8. The SMILES string of the molecule is CC1(C)c2ccccc2-c2ccc(N(c3ccc(-c4cccc5oc6c(C7=CCCC=C7)c7c(cc6c45)oc4ccccc47)cc3)c3cccc4ccccc34)cc21. The molecule has 2 aromatic heterocycles. The Morgan fingerprint density at radius 3 is 2.12 bits per heavy atom. The van der Waals surface area contributed by atoms with Gasteiger partial charge < -0.3 is 13.7 Å². The molecule has 2 aliphatic rings. The molecular formula is C55H39NO2. The molecule has 8 aromatic carbocycles. The van der Waals surface area contributed by atoms with E-state index in [1.54, 1.807) is 0 Å². The van der Waals surface area contributed by atoms with Crippen molar-refractivity contribution >= 4 is 77.3 Å². The largest absolute Gasteiger partial charge is 0.456 e. The molecule has 0 amide bonds. The summed E-state index contributed by atoms with van der Waals surface area (Å²) in [7, 11) is 0. The summed E-state index contributed by atoms with van der Waals surface area (Å²) in [5.74, 6) is 0. The van der Waals surface area contributed by atoms with E-state index in [-0.39, 0.29) is 5.41 Å². The highest BCUT2D eigenvalue weighted by Crippen LogP contribution is 2.51. The van der Waals surface area contributed by atoms with Gasteiger partial charge in [-0.15, -0.1) is 0 Å². The first-order valence-corrected chi connectivity index (χ1v) is 20.3. The van der Waals surface area contributed by atoms with Gasteiger partial charge in [0.15, 0.2) is 0 Å². The highest BCUT2D eigenvalue weighted by Gasteiger charge is 2.36. The maximum atomic E-state index is 6.90. The van der Waals surface area contributed by atoms with Gasteiger partial charge in [0.05, 0.1) is 5.69 Å². The molecule has 0 atom stereocenters. The number of furan rings is 2. The summed E-state index contributed by atoms with van der Waals surface area (Å²) in [6.45, 7) is 4.70. The van der Waals surface area contributed by atoms with Gasteiger partial charge in [0.25, 0.3) is 0 Å². The highest BCUT2D eigenvalue weighted by molar-refractivity contribution is 6.23. The molecule has 0 N–H and O–H groups in total. The van der Waals surface area contributed by atoms with E-state index in [1.807, 2.05) is 6.07 Å². The number of allylic oxidation sites excluding steroid dienone is 4. The van der Waals surface area contributed by atoms with Crippen molar-refractivity contribution in [3.63, 3.8) is 0 Å². The van der Waals surface area contributed by atoms with Crippen LogP contribution in [0, 0.1) is 0 Å².